The van der Waals surface area contributed by atoms with Crippen molar-refractivity contribution in [3.8, 4) is 11.8 Å². The van der Waals surface area contributed by atoms with Gasteiger partial charge in [-0.25, -0.2) is 0 Å². The summed E-state index contributed by atoms with van der Waals surface area (Å²) in [5.74, 6) is 0.793. The van der Waals surface area contributed by atoms with Gasteiger partial charge in [-0.3, -0.25) is 0 Å². The summed E-state index contributed by atoms with van der Waals surface area (Å²) in [6, 6.07) is 7.53. The lowest BCUT2D eigenvalue weighted by Gasteiger charge is -2.10. The van der Waals surface area contributed by atoms with E-state index in [0.717, 1.165) is 17.7 Å². The van der Waals surface area contributed by atoms with Gasteiger partial charge in [0.05, 0.1) is 18.7 Å². The summed E-state index contributed by atoms with van der Waals surface area (Å²) in [5, 5.41) is 8.74. The van der Waals surface area contributed by atoms with Crippen LogP contribution in [0.2, 0.25) is 0 Å². The molecule has 1 aromatic carbocycles. The van der Waals surface area contributed by atoms with Crippen molar-refractivity contribution < 1.29 is 4.74 Å². The lowest BCUT2D eigenvalue weighted by atomic mass is 10.0. The normalized spacial score (nSPS) is 11.9. The van der Waals surface area contributed by atoms with Gasteiger partial charge in [0.2, 0.25) is 0 Å². The van der Waals surface area contributed by atoms with Crippen LogP contribution in [0, 0.1) is 11.3 Å². The smallest absolute Gasteiger partial charge is 0.122 e. The van der Waals surface area contributed by atoms with Crippen LogP contribution >= 0.6 is 0 Å². The van der Waals surface area contributed by atoms with Crippen LogP contribution in [-0.4, -0.2) is 13.2 Å². The van der Waals surface area contributed by atoms with Crippen LogP contribution in [0.1, 0.15) is 18.1 Å². The molecule has 0 aromatic heterocycles. The summed E-state index contributed by atoms with van der Waals surface area (Å²) in [5.41, 5.74) is 7.33. The first-order chi connectivity index (χ1) is 6.67. The third-order valence-electron chi connectivity index (χ3n) is 1.95. The van der Waals surface area contributed by atoms with Crippen molar-refractivity contribution in [2.24, 2.45) is 5.73 Å². The number of benzene rings is 1. The number of hydrogen-bond acceptors (Lipinski definition) is 3. The summed E-state index contributed by atoms with van der Waals surface area (Å²) in [6.07, 6.45) is 0.721. The van der Waals surface area contributed by atoms with Crippen molar-refractivity contribution in [1.29, 1.82) is 5.26 Å². The van der Waals surface area contributed by atoms with E-state index < -0.39 is 0 Å². The minimum absolute atomic E-state index is 0.0674. The molecule has 0 heterocycles. The van der Waals surface area contributed by atoms with E-state index in [1.54, 1.807) is 19.2 Å². The van der Waals surface area contributed by atoms with Crippen LogP contribution in [0.25, 0.3) is 0 Å². The summed E-state index contributed by atoms with van der Waals surface area (Å²) >= 11 is 0. The van der Waals surface area contributed by atoms with Crippen molar-refractivity contribution in [1.82, 2.24) is 0 Å². The van der Waals surface area contributed by atoms with E-state index in [1.807, 2.05) is 13.0 Å². The fraction of sp³-hybridized carbons (Fsp3) is 0.364. The highest BCUT2D eigenvalue weighted by molar-refractivity contribution is 5.42. The molecule has 0 saturated carbocycles. The summed E-state index contributed by atoms with van der Waals surface area (Å²) in [7, 11) is 1.62. The SMILES string of the molecule is COc1ccc(C#N)cc1CC(C)N. The first-order valence-corrected chi connectivity index (χ1v) is 4.50. The highest BCUT2D eigenvalue weighted by Crippen LogP contribution is 2.20. The molecule has 1 rings (SSSR count). The minimum atomic E-state index is 0.0674. The predicted octanol–water partition coefficient (Wildman–Crippen LogP) is 1.46. The number of ether oxygens (including phenoxy) is 1. The van der Waals surface area contributed by atoms with Crippen LogP contribution in [-0.2, 0) is 6.42 Å². The first-order valence-electron chi connectivity index (χ1n) is 4.50. The maximum atomic E-state index is 8.74. The standard InChI is InChI=1S/C11H14N2O/c1-8(13)5-10-6-9(7-12)3-4-11(10)14-2/h3-4,6,8H,5,13H2,1-2H3. The molecule has 2 N–H and O–H groups in total. The van der Waals surface area contributed by atoms with Crippen LogP contribution < -0.4 is 10.5 Å². The number of nitrogens with zero attached hydrogens (tertiary/aromatic N) is 1. The quantitative estimate of drug-likeness (QED) is 0.784. The van der Waals surface area contributed by atoms with E-state index in [1.165, 1.54) is 0 Å². The molecule has 1 atom stereocenters. The van der Waals surface area contributed by atoms with Crippen molar-refractivity contribution in [3.63, 3.8) is 0 Å². The highest BCUT2D eigenvalue weighted by Gasteiger charge is 2.06. The fourth-order valence-corrected chi connectivity index (χ4v) is 1.35. The van der Waals surface area contributed by atoms with Gasteiger partial charge in [0, 0.05) is 6.04 Å². The van der Waals surface area contributed by atoms with E-state index in [-0.39, 0.29) is 6.04 Å². The molecule has 0 aliphatic heterocycles. The van der Waals surface area contributed by atoms with E-state index in [9.17, 15) is 0 Å². The second kappa shape index (κ2) is 4.64. The summed E-state index contributed by atoms with van der Waals surface area (Å²) < 4.78 is 5.18. The van der Waals surface area contributed by atoms with Crippen LogP contribution in [0.4, 0.5) is 0 Å². The zero-order valence-electron chi connectivity index (χ0n) is 8.45. The molecular weight excluding hydrogens is 176 g/mol. The van der Waals surface area contributed by atoms with Crippen molar-refractivity contribution in [3.05, 3.63) is 29.3 Å². The molecule has 1 aromatic rings. The van der Waals surface area contributed by atoms with Gasteiger partial charge in [0.25, 0.3) is 0 Å². The zero-order valence-corrected chi connectivity index (χ0v) is 8.45. The van der Waals surface area contributed by atoms with Crippen molar-refractivity contribution in [2.45, 2.75) is 19.4 Å². The lowest BCUT2D eigenvalue weighted by molar-refractivity contribution is 0.408. The number of rotatable bonds is 3. The molecule has 0 aliphatic rings. The molecule has 3 nitrogen and oxygen atoms in total. The zero-order chi connectivity index (χ0) is 10.6. The molecular formula is C11H14N2O. The largest absolute Gasteiger partial charge is 0.496 e. The molecule has 0 aliphatic carbocycles. The second-order valence-corrected chi connectivity index (χ2v) is 3.32. The molecule has 0 spiro atoms. The van der Waals surface area contributed by atoms with Gasteiger partial charge < -0.3 is 10.5 Å². The molecule has 1 unspecified atom stereocenters. The molecule has 3 heteroatoms. The Morgan fingerprint density at radius 3 is 2.79 bits per heavy atom. The summed E-state index contributed by atoms with van der Waals surface area (Å²) in [6.45, 7) is 1.93. The highest BCUT2D eigenvalue weighted by atomic mass is 16.5. The number of hydrogen-bond donors (Lipinski definition) is 1. The first kappa shape index (κ1) is 10.6. The average molecular weight is 190 g/mol. The Labute approximate surface area is 84.1 Å². The van der Waals surface area contributed by atoms with Gasteiger partial charge in [0.1, 0.15) is 5.75 Å². The lowest BCUT2D eigenvalue weighted by Crippen LogP contribution is -2.18. The van der Waals surface area contributed by atoms with E-state index in [2.05, 4.69) is 6.07 Å². The molecule has 0 amide bonds. The third kappa shape index (κ3) is 2.48. The second-order valence-electron chi connectivity index (χ2n) is 3.32. The molecule has 14 heavy (non-hydrogen) atoms. The number of nitrogens with two attached hydrogens (primary N) is 1. The maximum absolute atomic E-state index is 8.74. The van der Waals surface area contributed by atoms with Gasteiger partial charge in [-0.15, -0.1) is 0 Å². The molecule has 74 valence electrons. The predicted molar refractivity (Wildman–Crippen MR) is 55.1 cm³/mol. The van der Waals surface area contributed by atoms with Gasteiger partial charge in [-0.05, 0) is 37.1 Å². The maximum Gasteiger partial charge on any atom is 0.122 e. The Balaban J connectivity index is 3.03. The Bertz CT molecular complexity index is 353. The third-order valence-corrected chi connectivity index (χ3v) is 1.95. The van der Waals surface area contributed by atoms with Gasteiger partial charge in [0.15, 0.2) is 0 Å². The van der Waals surface area contributed by atoms with E-state index in [0.29, 0.717) is 5.56 Å². The van der Waals surface area contributed by atoms with Gasteiger partial charge in [-0.2, -0.15) is 5.26 Å². The van der Waals surface area contributed by atoms with Crippen LogP contribution in [0.3, 0.4) is 0 Å². The fourth-order valence-electron chi connectivity index (χ4n) is 1.35. The minimum Gasteiger partial charge on any atom is -0.496 e. The Hall–Kier alpha value is -1.53. The monoisotopic (exact) mass is 190 g/mol. The number of nitriles is 1. The molecule has 0 bridgehead atoms. The van der Waals surface area contributed by atoms with E-state index in [4.69, 9.17) is 15.7 Å². The van der Waals surface area contributed by atoms with Crippen molar-refractivity contribution in [2.75, 3.05) is 7.11 Å². The average Bonchev–Trinajstić information content (AvgIpc) is 2.16. The van der Waals surface area contributed by atoms with Gasteiger partial charge >= 0.3 is 0 Å². The summed E-state index contributed by atoms with van der Waals surface area (Å²) in [4.78, 5) is 0. The van der Waals surface area contributed by atoms with E-state index >= 15 is 0 Å². The molecule has 0 radical (unpaired) electrons. The Morgan fingerprint density at radius 1 is 1.57 bits per heavy atom. The molecule has 0 fully saturated rings. The van der Waals surface area contributed by atoms with Crippen molar-refractivity contribution >= 4 is 0 Å². The van der Waals surface area contributed by atoms with Crippen LogP contribution in [0.15, 0.2) is 18.2 Å². The Morgan fingerprint density at radius 2 is 2.29 bits per heavy atom. The van der Waals surface area contributed by atoms with Crippen LogP contribution in [0.5, 0.6) is 5.75 Å². The molecule has 0 saturated heterocycles. The number of methoxy groups -OCH3 is 1. The topological polar surface area (TPSA) is 59.0 Å². The van der Waals surface area contributed by atoms with Gasteiger partial charge in [-0.1, -0.05) is 0 Å². The Kier molecular flexibility index (Phi) is 3.49.